The van der Waals surface area contributed by atoms with Crippen LogP contribution >= 0.6 is 0 Å². The molecule has 0 saturated carbocycles. The molecule has 0 saturated heterocycles. The van der Waals surface area contributed by atoms with Crippen LogP contribution in [0.2, 0.25) is 0 Å². The number of fused-ring (bicyclic) bond motifs is 1. The molecule has 0 unspecified atom stereocenters. The molecule has 2 aromatic carbocycles. The number of methoxy groups -OCH3 is 3. The van der Waals surface area contributed by atoms with Gasteiger partial charge in [0.25, 0.3) is 0 Å². The molecule has 1 aliphatic heterocycles. The summed E-state index contributed by atoms with van der Waals surface area (Å²) in [6.07, 6.45) is 4.26. The number of rotatable bonds is 6. The van der Waals surface area contributed by atoms with Gasteiger partial charge >= 0.3 is 0 Å². The summed E-state index contributed by atoms with van der Waals surface area (Å²) >= 11 is 0. The summed E-state index contributed by atoms with van der Waals surface area (Å²) in [5.74, 6) is 2.18. The molecule has 3 aromatic rings. The standard InChI is InChI=1S/C26H28N2O3/c1-26(2)18-9-7-8-10-21(18)28(3)25(26)14-12-19-23(30-5)16-20(27-19)17-11-13-22(29-4)24(15-17)31-6/h7-16H,1-6H3/p+1. The molecule has 0 bridgehead atoms. The fourth-order valence-corrected chi connectivity index (χ4v) is 4.37. The Bertz CT molecular complexity index is 1190. The summed E-state index contributed by atoms with van der Waals surface area (Å²) in [4.78, 5) is 3.49. The number of aromatic nitrogens is 1. The number of H-pyrrole nitrogens is 1. The highest BCUT2D eigenvalue weighted by molar-refractivity contribution is 6.05. The van der Waals surface area contributed by atoms with E-state index in [-0.39, 0.29) is 5.41 Å². The highest BCUT2D eigenvalue weighted by Crippen LogP contribution is 2.39. The summed E-state index contributed by atoms with van der Waals surface area (Å²) in [5, 5.41) is 0. The maximum absolute atomic E-state index is 5.64. The number of hydrogen-bond acceptors (Lipinski definition) is 3. The van der Waals surface area contributed by atoms with Gasteiger partial charge in [0.2, 0.25) is 5.69 Å². The molecular weight excluding hydrogens is 388 g/mol. The first-order valence-electron chi connectivity index (χ1n) is 10.3. The lowest BCUT2D eigenvalue weighted by Gasteiger charge is -2.15. The van der Waals surface area contributed by atoms with Crippen LogP contribution < -0.4 is 14.2 Å². The minimum atomic E-state index is -0.0755. The first-order chi connectivity index (χ1) is 14.9. The van der Waals surface area contributed by atoms with Crippen LogP contribution in [0.25, 0.3) is 17.3 Å². The largest absolute Gasteiger partial charge is 0.494 e. The fourth-order valence-electron chi connectivity index (χ4n) is 4.37. The summed E-state index contributed by atoms with van der Waals surface area (Å²) in [6.45, 7) is 4.52. The molecule has 0 aliphatic carbocycles. The first-order valence-corrected chi connectivity index (χ1v) is 10.3. The molecule has 1 N–H and O–H groups in total. The van der Waals surface area contributed by atoms with E-state index in [1.807, 2.05) is 24.3 Å². The van der Waals surface area contributed by atoms with E-state index in [0.717, 1.165) is 22.7 Å². The summed E-state index contributed by atoms with van der Waals surface area (Å²) in [5.41, 5.74) is 6.60. The zero-order valence-corrected chi connectivity index (χ0v) is 18.9. The molecule has 5 nitrogen and oxygen atoms in total. The predicted octanol–water partition coefficient (Wildman–Crippen LogP) is 5.43. The lowest BCUT2D eigenvalue weighted by molar-refractivity contribution is -0.401. The normalized spacial score (nSPS) is 14.8. The van der Waals surface area contributed by atoms with Crippen LogP contribution in [0.15, 0.2) is 54.6 Å². The number of aromatic amines is 1. The second kappa shape index (κ2) is 7.99. The van der Waals surface area contributed by atoms with E-state index in [0.29, 0.717) is 11.5 Å². The van der Waals surface area contributed by atoms with Gasteiger partial charge in [0.1, 0.15) is 12.8 Å². The molecule has 0 amide bonds. The Morgan fingerprint density at radius 1 is 0.839 bits per heavy atom. The quantitative estimate of drug-likeness (QED) is 0.544. The van der Waals surface area contributed by atoms with Crippen molar-refractivity contribution < 1.29 is 18.8 Å². The maximum atomic E-state index is 5.64. The highest BCUT2D eigenvalue weighted by atomic mass is 16.5. The lowest BCUT2D eigenvalue weighted by atomic mass is 9.81. The Morgan fingerprint density at radius 2 is 1.55 bits per heavy atom. The topological polar surface area (TPSA) is 46.5 Å². The van der Waals surface area contributed by atoms with Gasteiger partial charge in [-0.25, -0.2) is 0 Å². The van der Waals surface area contributed by atoms with Gasteiger partial charge in [0, 0.05) is 35.0 Å². The Morgan fingerprint density at radius 3 is 2.23 bits per heavy atom. The fraction of sp³-hybridized carbons (Fsp3) is 0.269. The number of ether oxygens (including phenoxy) is 3. The lowest BCUT2D eigenvalue weighted by Crippen LogP contribution is -2.26. The number of hydrogen-bond donors (Lipinski definition) is 1. The molecule has 4 rings (SSSR count). The average molecular weight is 418 g/mol. The molecule has 0 radical (unpaired) electrons. The second-order valence-corrected chi connectivity index (χ2v) is 8.15. The van der Waals surface area contributed by atoms with Crippen LogP contribution in [0.3, 0.4) is 0 Å². The van der Waals surface area contributed by atoms with Gasteiger partial charge in [-0.2, -0.15) is 4.58 Å². The minimum Gasteiger partial charge on any atom is -0.494 e. The Balaban J connectivity index is 1.70. The van der Waals surface area contributed by atoms with Crippen LogP contribution in [0, 0.1) is 0 Å². The zero-order chi connectivity index (χ0) is 22.2. The van der Waals surface area contributed by atoms with Crippen molar-refractivity contribution in [3.05, 3.63) is 65.9 Å². The van der Waals surface area contributed by atoms with Gasteiger partial charge in [-0.3, -0.25) is 0 Å². The van der Waals surface area contributed by atoms with Crippen molar-refractivity contribution in [1.82, 2.24) is 4.98 Å². The van der Waals surface area contributed by atoms with E-state index in [1.165, 1.54) is 17.0 Å². The van der Waals surface area contributed by atoms with Crippen LogP contribution in [-0.4, -0.2) is 43.6 Å². The second-order valence-electron chi connectivity index (χ2n) is 8.15. The Labute approximate surface area is 183 Å². The smallest absolute Gasteiger partial charge is 0.209 e. The summed E-state index contributed by atoms with van der Waals surface area (Å²) in [6, 6.07) is 16.4. The Kier molecular flexibility index (Phi) is 5.36. The molecule has 2 heterocycles. The number of benzene rings is 2. The van der Waals surface area contributed by atoms with E-state index >= 15 is 0 Å². The van der Waals surface area contributed by atoms with Gasteiger partial charge in [0.15, 0.2) is 17.2 Å². The molecule has 0 spiro atoms. The van der Waals surface area contributed by atoms with Gasteiger partial charge in [-0.15, -0.1) is 0 Å². The molecule has 31 heavy (non-hydrogen) atoms. The highest BCUT2D eigenvalue weighted by Gasteiger charge is 2.42. The van der Waals surface area contributed by atoms with Crippen molar-refractivity contribution in [3.8, 4) is 28.5 Å². The van der Waals surface area contributed by atoms with Crippen LogP contribution in [0.4, 0.5) is 5.69 Å². The number of allylic oxidation sites excluding steroid dienone is 1. The average Bonchev–Trinajstić information content (AvgIpc) is 3.29. The van der Waals surface area contributed by atoms with Crippen molar-refractivity contribution in [2.24, 2.45) is 0 Å². The zero-order valence-electron chi connectivity index (χ0n) is 18.9. The van der Waals surface area contributed by atoms with E-state index in [4.69, 9.17) is 14.2 Å². The third-order valence-corrected chi connectivity index (χ3v) is 6.07. The van der Waals surface area contributed by atoms with E-state index in [9.17, 15) is 0 Å². The van der Waals surface area contributed by atoms with E-state index < -0.39 is 0 Å². The molecule has 0 fully saturated rings. The van der Waals surface area contributed by atoms with Crippen LogP contribution in [-0.2, 0) is 5.41 Å². The predicted molar refractivity (Wildman–Crippen MR) is 125 cm³/mol. The van der Waals surface area contributed by atoms with Crippen LogP contribution in [0.5, 0.6) is 17.2 Å². The van der Waals surface area contributed by atoms with Crippen molar-refractivity contribution in [2.75, 3.05) is 28.4 Å². The van der Waals surface area contributed by atoms with Crippen molar-refractivity contribution in [1.29, 1.82) is 0 Å². The van der Waals surface area contributed by atoms with Crippen molar-refractivity contribution >= 4 is 17.5 Å². The van der Waals surface area contributed by atoms with E-state index in [2.05, 4.69) is 66.9 Å². The first kappa shape index (κ1) is 20.8. The van der Waals surface area contributed by atoms with Gasteiger partial charge in [-0.05, 0) is 38.1 Å². The monoisotopic (exact) mass is 417 g/mol. The maximum Gasteiger partial charge on any atom is 0.209 e. The molecule has 0 atom stereocenters. The number of nitrogens with zero attached hydrogens (tertiary/aromatic N) is 1. The van der Waals surface area contributed by atoms with Crippen LogP contribution in [0.1, 0.15) is 25.1 Å². The van der Waals surface area contributed by atoms with Gasteiger partial charge < -0.3 is 19.2 Å². The van der Waals surface area contributed by atoms with Crippen molar-refractivity contribution in [3.63, 3.8) is 0 Å². The third kappa shape index (κ3) is 3.50. The van der Waals surface area contributed by atoms with Gasteiger partial charge in [0.05, 0.1) is 32.4 Å². The summed E-state index contributed by atoms with van der Waals surface area (Å²) in [7, 11) is 7.08. The SMILES string of the molecule is COc1ccc(-c2cc(OC)c(/C=C/C3=[N+](C)c4ccccc4C3(C)C)[nH]2)cc1OC. The van der Waals surface area contributed by atoms with Gasteiger partial charge in [-0.1, -0.05) is 18.2 Å². The number of para-hydroxylation sites is 1. The van der Waals surface area contributed by atoms with Crippen molar-refractivity contribution in [2.45, 2.75) is 19.3 Å². The summed E-state index contributed by atoms with van der Waals surface area (Å²) < 4.78 is 18.7. The third-order valence-electron chi connectivity index (χ3n) is 6.07. The molecule has 5 heteroatoms. The molecule has 1 aliphatic rings. The Hall–Kier alpha value is -3.47. The molecule has 1 aromatic heterocycles. The minimum absolute atomic E-state index is 0.0755. The molecular formula is C26H29N2O3+. The number of nitrogens with one attached hydrogen (secondary N) is 1. The van der Waals surface area contributed by atoms with E-state index in [1.54, 1.807) is 21.3 Å². The molecule has 160 valence electrons.